The van der Waals surface area contributed by atoms with Crippen LogP contribution in [0, 0.1) is 0 Å². The predicted molar refractivity (Wildman–Crippen MR) is 70.2 cm³/mol. The second kappa shape index (κ2) is 6.48. The number of anilines is 1. The fourth-order valence-corrected chi connectivity index (χ4v) is 1.34. The normalized spacial score (nSPS) is 9.67. The molecule has 4 N–H and O–H groups in total. The van der Waals surface area contributed by atoms with Crippen LogP contribution in [0.4, 0.5) is 10.5 Å². The van der Waals surface area contributed by atoms with Crippen LogP contribution in [0.15, 0.2) is 24.3 Å². The van der Waals surface area contributed by atoms with Crippen LogP contribution < -0.4 is 21.3 Å². The summed E-state index contributed by atoms with van der Waals surface area (Å²) < 4.78 is 0. The van der Waals surface area contributed by atoms with Gasteiger partial charge in [0, 0.05) is 26.3 Å². The standard InChI is InChI=1S/C12H18N4O2/c1-16(2)10-5-3-9(4-6-10)7-14-11(17)8-15-12(13)18/h3-6H,7-8H2,1-2H3,(H,14,17)(H3,13,15,18). The van der Waals surface area contributed by atoms with E-state index in [-0.39, 0.29) is 12.5 Å². The third-order valence-corrected chi connectivity index (χ3v) is 2.37. The maximum Gasteiger partial charge on any atom is 0.312 e. The Morgan fingerprint density at radius 2 is 1.78 bits per heavy atom. The van der Waals surface area contributed by atoms with Gasteiger partial charge in [0.2, 0.25) is 5.91 Å². The van der Waals surface area contributed by atoms with Crippen molar-refractivity contribution < 1.29 is 9.59 Å². The minimum absolute atomic E-state index is 0.106. The largest absolute Gasteiger partial charge is 0.378 e. The van der Waals surface area contributed by atoms with Crippen LogP contribution in [0.2, 0.25) is 0 Å². The molecule has 18 heavy (non-hydrogen) atoms. The van der Waals surface area contributed by atoms with Crippen molar-refractivity contribution in [3.8, 4) is 0 Å². The number of hydrogen-bond donors (Lipinski definition) is 3. The molecule has 0 bridgehead atoms. The number of nitrogens with two attached hydrogens (primary N) is 1. The van der Waals surface area contributed by atoms with E-state index in [0.29, 0.717) is 6.54 Å². The zero-order chi connectivity index (χ0) is 13.5. The lowest BCUT2D eigenvalue weighted by Gasteiger charge is -2.12. The van der Waals surface area contributed by atoms with Gasteiger partial charge in [-0.25, -0.2) is 4.79 Å². The zero-order valence-electron chi connectivity index (χ0n) is 10.6. The summed E-state index contributed by atoms with van der Waals surface area (Å²) in [5.41, 5.74) is 6.95. The van der Waals surface area contributed by atoms with E-state index in [1.54, 1.807) is 0 Å². The van der Waals surface area contributed by atoms with E-state index in [4.69, 9.17) is 5.73 Å². The van der Waals surface area contributed by atoms with Crippen molar-refractivity contribution in [1.82, 2.24) is 10.6 Å². The number of carbonyl (C=O) groups is 2. The molecule has 0 saturated heterocycles. The topological polar surface area (TPSA) is 87.5 Å². The molecular formula is C12H18N4O2. The fraction of sp³-hybridized carbons (Fsp3) is 0.333. The quantitative estimate of drug-likeness (QED) is 0.689. The van der Waals surface area contributed by atoms with Crippen molar-refractivity contribution >= 4 is 17.6 Å². The summed E-state index contributed by atoms with van der Waals surface area (Å²) in [4.78, 5) is 23.7. The van der Waals surface area contributed by atoms with Gasteiger partial charge in [0.25, 0.3) is 0 Å². The van der Waals surface area contributed by atoms with Crippen molar-refractivity contribution in [1.29, 1.82) is 0 Å². The van der Waals surface area contributed by atoms with E-state index in [1.807, 2.05) is 43.3 Å². The highest BCUT2D eigenvalue weighted by Crippen LogP contribution is 2.11. The summed E-state index contributed by atoms with van der Waals surface area (Å²) in [7, 11) is 3.93. The Bertz CT molecular complexity index is 415. The molecule has 0 unspecified atom stereocenters. The van der Waals surface area contributed by atoms with E-state index < -0.39 is 6.03 Å². The number of nitrogens with zero attached hydrogens (tertiary/aromatic N) is 1. The van der Waals surface area contributed by atoms with E-state index in [2.05, 4.69) is 10.6 Å². The molecule has 1 aromatic carbocycles. The first-order chi connectivity index (χ1) is 8.49. The highest BCUT2D eigenvalue weighted by Gasteiger charge is 2.02. The molecule has 98 valence electrons. The van der Waals surface area contributed by atoms with Crippen molar-refractivity contribution in [2.45, 2.75) is 6.54 Å². The van der Waals surface area contributed by atoms with Crippen LogP contribution in [0.5, 0.6) is 0 Å². The van der Waals surface area contributed by atoms with Crippen LogP contribution in [0.3, 0.4) is 0 Å². The Morgan fingerprint density at radius 3 is 2.28 bits per heavy atom. The number of nitrogens with one attached hydrogen (secondary N) is 2. The Kier molecular flexibility index (Phi) is 4.98. The summed E-state index contributed by atoms with van der Waals surface area (Å²) in [6.45, 7) is 0.318. The van der Waals surface area contributed by atoms with E-state index in [9.17, 15) is 9.59 Å². The molecule has 3 amide bonds. The zero-order valence-corrected chi connectivity index (χ0v) is 10.6. The number of rotatable bonds is 5. The highest BCUT2D eigenvalue weighted by molar-refractivity contribution is 5.83. The summed E-state index contributed by atoms with van der Waals surface area (Å²) >= 11 is 0. The lowest BCUT2D eigenvalue weighted by molar-refractivity contribution is -0.120. The lowest BCUT2D eigenvalue weighted by Crippen LogP contribution is -2.39. The van der Waals surface area contributed by atoms with Crippen LogP contribution in [0.1, 0.15) is 5.56 Å². The lowest BCUT2D eigenvalue weighted by atomic mass is 10.2. The van der Waals surface area contributed by atoms with Gasteiger partial charge in [0.1, 0.15) is 0 Å². The number of benzene rings is 1. The molecule has 0 fully saturated rings. The Hall–Kier alpha value is -2.24. The smallest absolute Gasteiger partial charge is 0.312 e. The molecule has 0 spiro atoms. The van der Waals surface area contributed by atoms with Crippen LogP contribution in [-0.4, -0.2) is 32.6 Å². The Balaban J connectivity index is 2.39. The van der Waals surface area contributed by atoms with Crippen molar-refractivity contribution in [2.24, 2.45) is 5.73 Å². The maximum atomic E-state index is 11.3. The number of amides is 3. The summed E-state index contributed by atoms with van der Waals surface area (Å²) in [6.07, 6.45) is 0. The van der Waals surface area contributed by atoms with Gasteiger partial charge in [-0.3, -0.25) is 4.79 Å². The molecular weight excluding hydrogens is 232 g/mol. The van der Waals surface area contributed by atoms with Gasteiger partial charge in [-0.05, 0) is 17.7 Å². The first-order valence-electron chi connectivity index (χ1n) is 5.55. The summed E-state index contributed by atoms with van der Waals surface area (Å²) in [5.74, 6) is -0.273. The molecule has 6 heteroatoms. The van der Waals surface area contributed by atoms with Crippen molar-refractivity contribution in [3.05, 3.63) is 29.8 Å². The van der Waals surface area contributed by atoms with Crippen molar-refractivity contribution in [2.75, 3.05) is 25.5 Å². The van der Waals surface area contributed by atoms with Gasteiger partial charge in [-0.15, -0.1) is 0 Å². The van der Waals surface area contributed by atoms with Crippen LogP contribution in [-0.2, 0) is 11.3 Å². The van der Waals surface area contributed by atoms with E-state index in [1.165, 1.54) is 0 Å². The minimum Gasteiger partial charge on any atom is -0.378 e. The Morgan fingerprint density at radius 1 is 1.17 bits per heavy atom. The van der Waals surface area contributed by atoms with E-state index in [0.717, 1.165) is 11.3 Å². The number of hydrogen-bond acceptors (Lipinski definition) is 3. The highest BCUT2D eigenvalue weighted by atomic mass is 16.2. The van der Waals surface area contributed by atoms with Gasteiger partial charge in [0.15, 0.2) is 0 Å². The third-order valence-electron chi connectivity index (χ3n) is 2.37. The predicted octanol–water partition coefficient (Wildman–Crippen LogP) is 0.0371. The molecule has 0 heterocycles. The SMILES string of the molecule is CN(C)c1ccc(CNC(=O)CNC(N)=O)cc1. The number of primary amides is 1. The van der Waals surface area contributed by atoms with Crippen LogP contribution >= 0.6 is 0 Å². The molecule has 0 aliphatic rings. The first kappa shape index (κ1) is 13.8. The third kappa shape index (κ3) is 4.73. The minimum atomic E-state index is -0.708. The van der Waals surface area contributed by atoms with Gasteiger partial charge >= 0.3 is 6.03 Å². The maximum absolute atomic E-state index is 11.3. The molecule has 0 aliphatic carbocycles. The Labute approximate surface area is 106 Å². The average Bonchev–Trinajstić information content (AvgIpc) is 2.34. The van der Waals surface area contributed by atoms with E-state index >= 15 is 0 Å². The average molecular weight is 250 g/mol. The molecule has 0 aromatic heterocycles. The monoisotopic (exact) mass is 250 g/mol. The summed E-state index contributed by atoms with van der Waals surface area (Å²) in [6, 6.07) is 7.13. The fourth-order valence-electron chi connectivity index (χ4n) is 1.34. The van der Waals surface area contributed by atoms with Gasteiger partial charge < -0.3 is 21.3 Å². The molecule has 0 radical (unpaired) electrons. The van der Waals surface area contributed by atoms with Crippen LogP contribution in [0.25, 0.3) is 0 Å². The van der Waals surface area contributed by atoms with Gasteiger partial charge in [-0.1, -0.05) is 12.1 Å². The molecule has 0 atom stereocenters. The number of carbonyl (C=O) groups excluding carboxylic acids is 2. The van der Waals surface area contributed by atoms with Crippen molar-refractivity contribution in [3.63, 3.8) is 0 Å². The second-order valence-electron chi connectivity index (χ2n) is 4.06. The molecule has 1 rings (SSSR count). The van der Waals surface area contributed by atoms with Gasteiger partial charge in [-0.2, -0.15) is 0 Å². The second-order valence-corrected chi connectivity index (χ2v) is 4.06. The molecule has 0 saturated carbocycles. The molecule has 6 nitrogen and oxygen atoms in total. The first-order valence-corrected chi connectivity index (χ1v) is 5.55. The van der Waals surface area contributed by atoms with Gasteiger partial charge in [0.05, 0.1) is 6.54 Å². The molecule has 0 aliphatic heterocycles. The summed E-state index contributed by atoms with van der Waals surface area (Å²) in [5, 5.41) is 4.91. The number of urea groups is 1. The molecule has 1 aromatic rings.